The van der Waals surface area contributed by atoms with Gasteiger partial charge >= 0.3 is 0 Å². The number of nitrogens with zero attached hydrogens (tertiary/aromatic N) is 2. The Morgan fingerprint density at radius 2 is 1.64 bits per heavy atom. The second kappa shape index (κ2) is 7.85. The van der Waals surface area contributed by atoms with Crippen molar-refractivity contribution in [1.82, 2.24) is 9.36 Å². The Morgan fingerprint density at radius 1 is 0.960 bits per heavy atom. The van der Waals surface area contributed by atoms with Crippen molar-refractivity contribution in [3.63, 3.8) is 0 Å². The number of hydrogen-bond acceptors (Lipinski definition) is 7. The topological polar surface area (TPSA) is 65.5 Å². The largest absolute Gasteiger partial charge is 0.496 e. The number of aromatic nitrogens is 2. The van der Waals surface area contributed by atoms with E-state index in [2.05, 4.69) is 14.7 Å². The molecule has 0 aliphatic carbocycles. The molecule has 1 N–H and O–H groups in total. The fraction of sp³-hybridized carbons (Fsp3) is 0.222. The number of anilines is 1. The molecule has 0 saturated heterocycles. The summed E-state index contributed by atoms with van der Waals surface area (Å²) >= 11 is 1.32. The van der Waals surface area contributed by atoms with E-state index >= 15 is 0 Å². The fourth-order valence-electron chi connectivity index (χ4n) is 2.42. The van der Waals surface area contributed by atoms with Gasteiger partial charge in [0.15, 0.2) is 5.82 Å². The smallest absolute Gasteiger partial charge is 0.203 e. The molecule has 7 heteroatoms. The molecule has 3 aromatic rings. The van der Waals surface area contributed by atoms with Gasteiger partial charge in [0, 0.05) is 35.8 Å². The van der Waals surface area contributed by atoms with Gasteiger partial charge in [-0.1, -0.05) is 30.3 Å². The zero-order valence-electron chi connectivity index (χ0n) is 14.3. The zero-order valence-corrected chi connectivity index (χ0v) is 15.1. The molecule has 3 rings (SSSR count). The molecule has 0 atom stereocenters. The molecule has 6 nitrogen and oxygen atoms in total. The van der Waals surface area contributed by atoms with Crippen molar-refractivity contribution >= 4 is 16.7 Å². The summed E-state index contributed by atoms with van der Waals surface area (Å²) in [7, 11) is 4.85. The van der Waals surface area contributed by atoms with E-state index in [1.54, 1.807) is 21.3 Å². The van der Waals surface area contributed by atoms with Crippen LogP contribution < -0.4 is 19.5 Å². The third-order valence-electron chi connectivity index (χ3n) is 3.69. The van der Waals surface area contributed by atoms with Crippen molar-refractivity contribution < 1.29 is 14.2 Å². The SMILES string of the molecule is COc1cc(OC)c(CNc2nc(-c3ccccc3)ns2)c(OC)c1. The Morgan fingerprint density at radius 3 is 2.24 bits per heavy atom. The van der Waals surface area contributed by atoms with Crippen molar-refractivity contribution in [2.45, 2.75) is 6.54 Å². The van der Waals surface area contributed by atoms with Crippen molar-refractivity contribution in [3.8, 4) is 28.6 Å². The summed E-state index contributed by atoms with van der Waals surface area (Å²) in [5.41, 5.74) is 1.88. The quantitative estimate of drug-likeness (QED) is 0.693. The minimum Gasteiger partial charge on any atom is -0.496 e. The van der Waals surface area contributed by atoms with Crippen LogP contribution in [0.15, 0.2) is 42.5 Å². The third-order valence-corrected chi connectivity index (χ3v) is 4.36. The molecule has 0 aliphatic rings. The third kappa shape index (κ3) is 3.83. The van der Waals surface area contributed by atoms with Crippen LogP contribution in [-0.4, -0.2) is 30.7 Å². The summed E-state index contributed by atoms with van der Waals surface area (Å²) in [5, 5.41) is 4.02. The van der Waals surface area contributed by atoms with Gasteiger partial charge in [-0.2, -0.15) is 9.36 Å². The second-order valence-corrected chi connectivity index (χ2v) is 5.91. The summed E-state index contributed by atoms with van der Waals surface area (Å²) in [6.07, 6.45) is 0. The van der Waals surface area contributed by atoms with Gasteiger partial charge < -0.3 is 19.5 Å². The molecular weight excluding hydrogens is 338 g/mol. The summed E-state index contributed by atoms with van der Waals surface area (Å²) in [6.45, 7) is 0.500. The molecule has 0 amide bonds. The van der Waals surface area contributed by atoms with Crippen LogP contribution in [0.1, 0.15) is 5.56 Å². The van der Waals surface area contributed by atoms with E-state index in [-0.39, 0.29) is 0 Å². The van der Waals surface area contributed by atoms with Gasteiger partial charge in [-0.15, -0.1) is 0 Å². The van der Waals surface area contributed by atoms with Crippen LogP contribution in [0.4, 0.5) is 5.13 Å². The molecule has 25 heavy (non-hydrogen) atoms. The van der Waals surface area contributed by atoms with E-state index in [4.69, 9.17) is 14.2 Å². The number of ether oxygens (including phenoxy) is 3. The van der Waals surface area contributed by atoms with E-state index in [0.717, 1.165) is 16.3 Å². The second-order valence-electron chi connectivity index (χ2n) is 5.15. The lowest BCUT2D eigenvalue weighted by molar-refractivity contribution is 0.369. The van der Waals surface area contributed by atoms with Crippen molar-refractivity contribution in [3.05, 3.63) is 48.0 Å². The Kier molecular flexibility index (Phi) is 5.35. The summed E-state index contributed by atoms with van der Waals surface area (Å²) in [5.74, 6) is 2.77. The summed E-state index contributed by atoms with van der Waals surface area (Å²) in [6, 6.07) is 13.5. The van der Waals surface area contributed by atoms with Crippen LogP contribution in [0.5, 0.6) is 17.2 Å². The minimum atomic E-state index is 0.500. The maximum Gasteiger partial charge on any atom is 0.203 e. The average Bonchev–Trinajstić information content (AvgIpc) is 3.15. The number of benzene rings is 2. The van der Waals surface area contributed by atoms with Crippen molar-refractivity contribution in [2.75, 3.05) is 26.6 Å². The highest BCUT2D eigenvalue weighted by Crippen LogP contribution is 2.34. The molecule has 0 spiro atoms. The monoisotopic (exact) mass is 357 g/mol. The van der Waals surface area contributed by atoms with Crippen LogP contribution in [0.2, 0.25) is 0 Å². The standard InChI is InChI=1S/C18H19N3O3S/c1-22-13-9-15(23-2)14(16(10-13)24-3)11-19-18-20-17(21-25-18)12-7-5-4-6-8-12/h4-10H,11H2,1-3H3,(H,19,20,21). The van der Waals surface area contributed by atoms with E-state index in [0.29, 0.717) is 29.6 Å². The predicted octanol–water partition coefficient (Wildman–Crippen LogP) is 3.84. The highest BCUT2D eigenvalue weighted by molar-refractivity contribution is 7.09. The number of rotatable bonds is 7. The van der Waals surface area contributed by atoms with Crippen LogP contribution in [0.25, 0.3) is 11.4 Å². The minimum absolute atomic E-state index is 0.500. The molecule has 0 saturated carbocycles. The Hall–Kier alpha value is -2.80. The molecule has 2 aromatic carbocycles. The lowest BCUT2D eigenvalue weighted by atomic mass is 10.1. The predicted molar refractivity (Wildman–Crippen MR) is 98.8 cm³/mol. The van der Waals surface area contributed by atoms with E-state index in [9.17, 15) is 0 Å². The van der Waals surface area contributed by atoms with E-state index in [1.165, 1.54) is 11.5 Å². The number of nitrogens with one attached hydrogen (secondary N) is 1. The van der Waals surface area contributed by atoms with Crippen LogP contribution in [0, 0.1) is 0 Å². The number of methoxy groups -OCH3 is 3. The van der Waals surface area contributed by atoms with Crippen LogP contribution in [-0.2, 0) is 6.54 Å². The Bertz CT molecular complexity index is 812. The maximum absolute atomic E-state index is 5.46. The molecule has 0 fully saturated rings. The van der Waals surface area contributed by atoms with Gasteiger partial charge in [0.25, 0.3) is 0 Å². The number of hydrogen-bond donors (Lipinski definition) is 1. The van der Waals surface area contributed by atoms with E-state index in [1.807, 2.05) is 42.5 Å². The van der Waals surface area contributed by atoms with Gasteiger partial charge in [0.05, 0.1) is 26.9 Å². The van der Waals surface area contributed by atoms with Crippen molar-refractivity contribution in [2.24, 2.45) is 0 Å². The Labute approximate surface area is 150 Å². The van der Waals surface area contributed by atoms with Gasteiger partial charge in [-0.3, -0.25) is 0 Å². The molecule has 1 heterocycles. The van der Waals surface area contributed by atoms with Gasteiger partial charge in [0.1, 0.15) is 17.2 Å². The molecule has 0 bridgehead atoms. The first-order valence-electron chi connectivity index (χ1n) is 7.67. The normalized spacial score (nSPS) is 10.4. The summed E-state index contributed by atoms with van der Waals surface area (Å²) < 4.78 is 20.6. The highest BCUT2D eigenvalue weighted by Gasteiger charge is 2.14. The summed E-state index contributed by atoms with van der Waals surface area (Å²) in [4.78, 5) is 4.53. The molecular formula is C18H19N3O3S. The van der Waals surface area contributed by atoms with Crippen molar-refractivity contribution in [1.29, 1.82) is 0 Å². The molecule has 0 radical (unpaired) electrons. The van der Waals surface area contributed by atoms with Crippen LogP contribution >= 0.6 is 11.5 Å². The van der Waals surface area contributed by atoms with E-state index < -0.39 is 0 Å². The molecule has 1 aromatic heterocycles. The highest BCUT2D eigenvalue weighted by atomic mass is 32.1. The van der Waals surface area contributed by atoms with Crippen LogP contribution in [0.3, 0.4) is 0 Å². The first kappa shape index (κ1) is 17.0. The van der Waals surface area contributed by atoms with Gasteiger partial charge in [-0.25, -0.2) is 0 Å². The lowest BCUT2D eigenvalue weighted by Crippen LogP contribution is -2.04. The first-order valence-corrected chi connectivity index (χ1v) is 8.44. The maximum atomic E-state index is 5.46. The molecule has 0 aliphatic heterocycles. The molecule has 0 unspecified atom stereocenters. The van der Waals surface area contributed by atoms with Gasteiger partial charge in [0.2, 0.25) is 5.13 Å². The fourth-order valence-corrected chi connectivity index (χ4v) is 3.00. The first-order chi connectivity index (χ1) is 12.2. The zero-order chi connectivity index (χ0) is 17.6. The lowest BCUT2D eigenvalue weighted by Gasteiger charge is -2.15. The van der Waals surface area contributed by atoms with Gasteiger partial charge in [-0.05, 0) is 0 Å². The average molecular weight is 357 g/mol. The Balaban J connectivity index is 1.79. The molecule has 130 valence electrons.